The molecular formula is C20H20ClNO3. The molecule has 0 aliphatic carbocycles. The molecule has 0 bridgehead atoms. The van der Waals surface area contributed by atoms with E-state index in [0.29, 0.717) is 22.9 Å². The number of carbonyl (C=O) groups excluding carboxylic acids is 2. The van der Waals surface area contributed by atoms with Gasteiger partial charge < -0.3 is 10.1 Å². The first kappa shape index (κ1) is 18.7. The Labute approximate surface area is 152 Å². The molecule has 0 spiro atoms. The summed E-state index contributed by atoms with van der Waals surface area (Å²) in [5.74, 6) is -0.636. The van der Waals surface area contributed by atoms with Crippen LogP contribution in [-0.2, 0) is 9.53 Å². The number of hydrogen-bond donors (Lipinski definition) is 1. The second-order valence-electron chi connectivity index (χ2n) is 5.41. The van der Waals surface area contributed by atoms with Crippen LogP contribution in [0.15, 0.2) is 54.6 Å². The van der Waals surface area contributed by atoms with Crippen LogP contribution >= 0.6 is 11.6 Å². The molecule has 2 rings (SSSR count). The maximum absolute atomic E-state index is 12.0. The van der Waals surface area contributed by atoms with Crippen molar-refractivity contribution in [3.05, 3.63) is 70.8 Å². The van der Waals surface area contributed by atoms with Gasteiger partial charge in [-0.05, 0) is 48.4 Å². The summed E-state index contributed by atoms with van der Waals surface area (Å²) in [5.41, 5.74) is 1.82. The van der Waals surface area contributed by atoms with Gasteiger partial charge in [0.2, 0.25) is 5.91 Å². The molecule has 25 heavy (non-hydrogen) atoms. The lowest BCUT2D eigenvalue weighted by Gasteiger charge is -2.06. The average molecular weight is 358 g/mol. The number of amides is 1. The summed E-state index contributed by atoms with van der Waals surface area (Å²) in [5, 5.41) is 3.31. The van der Waals surface area contributed by atoms with Crippen LogP contribution in [0.1, 0.15) is 35.7 Å². The van der Waals surface area contributed by atoms with Crippen molar-refractivity contribution in [2.75, 3.05) is 11.9 Å². The van der Waals surface area contributed by atoms with Gasteiger partial charge in [0.1, 0.15) is 0 Å². The molecule has 0 aliphatic heterocycles. The molecule has 2 aromatic rings. The number of hydrogen-bond acceptors (Lipinski definition) is 3. The van der Waals surface area contributed by atoms with Gasteiger partial charge >= 0.3 is 5.97 Å². The van der Waals surface area contributed by atoms with Crippen molar-refractivity contribution >= 4 is 35.2 Å². The summed E-state index contributed by atoms with van der Waals surface area (Å²) in [4.78, 5) is 23.8. The van der Waals surface area contributed by atoms with Gasteiger partial charge in [0, 0.05) is 16.8 Å². The average Bonchev–Trinajstić information content (AvgIpc) is 2.62. The highest BCUT2D eigenvalue weighted by atomic mass is 35.5. The summed E-state index contributed by atoms with van der Waals surface area (Å²) in [7, 11) is 0. The number of anilines is 1. The summed E-state index contributed by atoms with van der Waals surface area (Å²) < 4.78 is 5.14. The number of ether oxygens (including phenoxy) is 1. The molecule has 0 heterocycles. The highest BCUT2D eigenvalue weighted by Crippen LogP contribution is 2.16. The van der Waals surface area contributed by atoms with Crippen LogP contribution in [0.3, 0.4) is 0 Å². The van der Waals surface area contributed by atoms with E-state index in [2.05, 4.69) is 5.32 Å². The van der Waals surface area contributed by atoms with Crippen LogP contribution in [0.5, 0.6) is 0 Å². The van der Waals surface area contributed by atoms with Crippen molar-refractivity contribution in [1.82, 2.24) is 0 Å². The van der Waals surface area contributed by atoms with Crippen molar-refractivity contribution in [1.29, 1.82) is 0 Å². The maximum Gasteiger partial charge on any atom is 0.338 e. The molecule has 0 saturated carbocycles. The van der Waals surface area contributed by atoms with Crippen LogP contribution in [0, 0.1) is 0 Å². The molecule has 0 saturated heterocycles. The van der Waals surface area contributed by atoms with Gasteiger partial charge in [-0.15, -0.1) is 0 Å². The van der Waals surface area contributed by atoms with E-state index in [1.807, 2.05) is 25.1 Å². The van der Waals surface area contributed by atoms with Crippen molar-refractivity contribution in [2.24, 2.45) is 0 Å². The van der Waals surface area contributed by atoms with E-state index in [1.165, 1.54) is 6.08 Å². The zero-order valence-electron chi connectivity index (χ0n) is 14.0. The van der Waals surface area contributed by atoms with E-state index in [4.69, 9.17) is 16.3 Å². The Hall–Kier alpha value is -2.59. The summed E-state index contributed by atoms with van der Waals surface area (Å²) >= 11 is 6.03. The Balaban J connectivity index is 1.91. The number of rotatable bonds is 7. The van der Waals surface area contributed by atoms with Crippen LogP contribution in [0.4, 0.5) is 5.69 Å². The van der Waals surface area contributed by atoms with Gasteiger partial charge in [0.25, 0.3) is 0 Å². The quantitative estimate of drug-likeness (QED) is 0.433. The fourth-order valence-corrected chi connectivity index (χ4v) is 2.24. The zero-order valence-corrected chi connectivity index (χ0v) is 14.8. The van der Waals surface area contributed by atoms with Crippen molar-refractivity contribution in [3.63, 3.8) is 0 Å². The third-order valence-corrected chi connectivity index (χ3v) is 3.78. The number of unbranched alkanes of at least 4 members (excludes halogenated alkanes) is 1. The first-order chi connectivity index (χ1) is 12.1. The minimum atomic E-state index is -0.357. The molecule has 2 aromatic carbocycles. The molecule has 0 unspecified atom stereocenters. The van der Waals surface area contributed by atoms with Gasteiger partial charge in [0.05, 0.1) is 12.2 Å². The van der Waals surface area contributed by atoms with E-state index >= 15 is 0 Å². The Morgan fingerprint density at radius 1 is 1.12 bits per heavy atom. The lowest BCUT2D eigenvalue weighted by Crippen LogP contribution is -2.09. The van der Waals surface area contributed by atoms with Crippen LogP contribution in [0.25, 0.3) is 6.08 Å². The maximum atomic E-state index is 12.0. The highest BCUT2D eigenvalue weighted by Gasteiger charge is 2.07. The Kier molecular flexibility index (Phi) is 7.23. The first-order valence-electron chi connectivity index (χ1n) is 8.11. The molecule has 0 aromatic heterocycles. The SMILES string of the molecule is CCCCOC(=O)c1ccc(NC(=O)/C=C/c2ccccc2Cl)cc1. The van der Waals surface area contributed by atoms with Crippen molar-refractivity contribution in [3.8, 4) is 0 Å². The van der Waals surface area contributed by atoms with Crippen LogP contribution < -0.4 is 5.32 Å². The Morgan fingerprint density at radius 3 is 2.52 bits per heavy atom. The number of esters is 1. The molecule has 130 valence electrons. The molecular weight excluding hydrogens is 338 g/mol. The molecule has 0 aliphatic rings. The lowest BCUT2D eigenvalue weighted by atomic mass is 10.2. The van der Waals surface area contributed by atoms with Gasteiger partial charge in [-0.1, -0.05) is 43.1 Å². The summed E-state index contributed by atoms with van der Waals surface area (Å²) in [6, 6.07) is 13.8. The standard InChI is InChI=1S/C20H20ClNO3/c1-2-3-14-25-20(24)16-8-11-17(12-9-16)22-19(23)13-10-15-6-4-5-7-18(15)21/h4-13H,2-3,14H2,1H3,(H,22,23)/b13-10+. The second-order valence-corrected chi connectivity index (χ2v) is 5.82. The molecule has 1 N–H and O–H groups in total. The van der Waals surface area contributed by atoms with Gasteiger partial charge in [-0.2, -0.15) is 0 Å². The molecule has 1 amide bonds. The monoisotopic (exact) mass is 357 g/mol. The molecule has 0 atom stereocenters. The minimum absolute atomic E-state index is 0.279. The van der Waals surface area contributed by atoms with Crippen LogP contribution in [0.2, 0.25) is 5.02 Å². The second kappa shape index (κ2) is 9.64. The number of carbonyl (C=O) groups is 2. The molecule has 5 heteroatoms. The summed E-state index contributed by atoms with van der Waals surface area (Å²) in [6.07, 6.45) is 4.88. The van der Waals surface area contributed by atoms with E-state index < -0.39 is 0 Å². The number of benzene rings is 2. The smallest absolute Gasteiger partial charge is 0.338 e. The number of halogens is 1. The fraction of sp³-hybridized carbons (Fsp3) is 0.200. The van der Waals surface area contributed by atoms with Crippen molar-refractivity contribution in [2.45, 2.75) is 19.8 Å². The topological polar surface area (TPSA) is 55.4 Å². The van der Waals surface area contributed by atoms with Crippen molar-refractivity contribution < 1.29 is 14.3 Å². The normalized spacial score (nSPS) is 10.6. The van der Waals surface area contributed by atoms with Gasteiger partial charge in [-0.25, -0.2) is 4.79 Å². The third-order valence-electron chi connectivity index (χ3n) is 3.44. The largest absolute Gasteiger partial charge is 0.462 e. The lowest BCUT2D eigenvalue weighted by molar-refractivity contribution is -0.111. The van der Waals surface area contributed by atoms with Gasteiger partial charge in [-0.3, -0.25) is 4.79 Å². The first-order valence-corrected chi connectivity index (χ1v) is 8.48. The predicted octanol–water partition coefficient (Wildman–Crippen LogP) is 4.95. The minimum Gasteiger partial charge on any atom is -0.462 e. The zero-order chi connectivity index (χ0) is 18.1. The van der Waals surface area contributed by atoms with Crippen LogP contribution in [-0.4, -0.2) is 18.5 Å². The van der Waals surface area contributed by atoms with E-state index in [1.54, 1.807) is 36.4 Å². The Bertz CT molecular complexity index is 754. The van der Waals surface area contributed by atoms with E-state index in [0.717, 1.165) is 18.4 Å². The Morgan fingerprint density at radius 2 is 1.84 bits per heavy atom. The highest BCUT2D eigenvalue weighted by molar-refractivity contribution is 6.32. The fourth-order valence-electron chi connectivity index (χ4n) is 2.04. The summed E-state index contributed by atoms with van der Waals surface area (Å²) in [6.45, 7) is 2.45. The van der Waals surface area contributed by atoms with Gasteiger partial charge in [0.15, 0.2) is 0 Å². The number of nitrogens with one attached hydrogen (secondary N) is 1. The predicted molar refractivity (Wildman–Crippen MR) is 101 cm³/mol. The molecule has 0 fully saturated rings. The van der Waals surface area contributed by atoms with E-state index in [-0.39, 0.29) is 11.9 Å². The molecule has 4 nitrogen and oxygen atoms in total. The molecule has 0 radical (unpaired) electrons. The third kappa shape index (κ3) is 6.08. The van der Waals surface area contributed by atoms with E-state index in [9.17, 15) is 9.59 Å².